The van der Waals surface area contributed by atoms with Crippen LogP contribution in [0.1, 0.15) is 0 Å². The molecule has 31 heavy (non-hydrogen) atoms. The van der Waals surface area contributed by atoms with Crippen LogP contribution >= 0.6 is 11.8 Å². The molecule has 1 saturated heterocycles. The number of thioether (sulfide) groups is 1. The zero-order valence-electron chi connectivity index (χ0n) is 17.4. The van der Waals surface area contributed by atoms with E-state index in [1.54, 1.807) is 11.8 Å². The fourth-order valence-corrected chi connectivity index (χ4v) is 4.03. The summed E-state index contributed by atoms with van der Waals surface area (Å²) < 4.78 is 13.0. The Balaban J connectivity index is 1.40. The van der Waals surface area contributed by atoms with E-state index in [-0.39, 0.29) is 24.2 Å². The molecule has 1 aliphatic rings. The second-order valence-electron chi connectivity index (χ2n) is 7.25. The van der Waals surface area contributed by atoms with Crippen LogP contribution in [0.4, 0.5) is 15.8 Å². The summed E-state index contributed by atoms with van der Waals surface area (Å²) in [6.07, 6.45) is 1.84. The Hall–Kier alpha value is -2.68. The predicted octanol–water partition coefficient (Wildman–Crippen LogP) is 3.30. The molecule has 0 bridgehead atoms. The lowest BCUT2D eigenvalue weighted by molar-refractivity contribution is -0.120. The van der Waals surface area contributed by atoms with Crippen LogP contribution in [0.25, 0.3) is 0 Å². The number of nitrogens with one attached hydrogen (secondary N) is 2. The van der Waals surface area contributed by atoms with Gasteiger partial charge in [0.15, 0.2) is 0 Å². The van der Waals surface area contributed by atoms with Gasteiger partial charge in [0, 0.05) is 42.5 Å². The first kappa shape index (κ1) is 23.0. The van der Waals surface area contributed by atoms with Crippen LogP contribution in [0.5, 0.6) is 0 Å². The number of rotatable bonds is 9. The molecule has 2 aromatic carbocycles. The number of benzene rings is 2. The fraction of sp³-hybridized carbons (Fsp3) is 0.304. The van der Waals surface area contributed by atoms with Gasteiger partial charge in [0.05, 0.1) is 18.8 Å². The Kier molecular flexibility index (Phi) is 8.63. The maximum absolute atomic E-state index is 13.0. The van der Waals surface area contributed by atoms with Crippen molar-refractivity contribution < 1.29 is 14.0 Å². The van der Waals surface area contributed by atoms with Gasteiger partial charge in [-0.05, 0) is 36.4 Å². The van der Waals surface area contributed by atoms with Gasteiger partial charge in [0.25, 0.3) is 0 Å². The van der Waals surface area contributed by atoms with E-state index in [9.17, 15) is 14.0 Å². The molecule has 0 saturated carbocycles. The van der Waals surface area contributed by atoms with E-state index in [2.05, 4.69) is 27.0 Å². The van der Waals surface area contributed by atoms with Crippen LogP contribution in [0.3, 0.4) is 0 Å². The number of anilines is 2. The van der Waals surface area contributed by atoms with Crippen LogP contribution < -0.4 is 10.6 Å². The van der Waals surface area contributed by atoms with Crippen LogP contribution in [0.2, 0.25) is 0 Å². The van der Waals surface area contributed by atoms with Crippen molar-refractivity contribution in [3.8, 4) is 0 Å². The monoisotopic (exact) mass is 442 g/mol. The van der Waals surface area contributed by atoms with Gasteiger partial charge in [-0.2, -0.15) is 0 Å². The predicted molar refractivity (Wildman–Crippen MR) is 124 cm³/mol. The van der Waals surface area contributed by atoms with Gasteiger partial charge in [-0.3, -0.25) is 19.4 Å². The average Bonchev–Trinajstić information content (AvgIpc) is 2.76. The van der Waals surface area contributed by atoms with Crippen molar-refractivity contribution in [3.63, 3.8) is 0 Å². The molecule has 2 N–H and O–H groups in total. The highest BCUT2D eigenvalue weighted by molar-refractivity contribution is 7.99. The number of hydrogen-bond acceptors (Lipinski definition) is 5. The van der Waals surface area contributed by atoms with Gasteiger partial charge in [-0.1, -0.05) is 18.2 Å². The summed E-state index contributed by atoms with van der Waals surface area (Å²) in [6, 6.07) is 13.5. The maximum Gasteiger partial charge on any atom is 0.238 e. The number of carbonyl (C=O) groups is 2. The molecule has 1 heterocycles. The van der Waals surface area contributed by atoms with Crippen LogP contribution in [-0.2, 0) is 9.59 Å². The van der Waals surface area contributed by atoms with Crippen molar-refractivity contribution in [2.24, 2.45) is 0 Å². The molecule has 0 radical (unpaired) electrons. The standard InChI is InChI=1S/C23H27FN4O2S/c1-2-15-31-21-6-4-3-5-20(21)26-23(30)17-28-13-11-27(12-14-28)16-22(29)25-19-9-7-18(24)8-10-19/h2-10H,1,11-17H2,(H,25,29)(H,26,30). The molecule has 2 aromatic rings. The van der Waals surface area contributed by atoms with E-state index in [1.807, 2.05) is 30.3 Å². The summed E-state index contributed by atoms with van der Waals surface area (Å²) in [5.74, 6) is 0.265. The number of piperazine rings is 1. The molecule has 164 valence electrons. The normalized spacial score (nSPS) is 14.7. The molecule has 6 nitrogen and oxygen atoms in total. The number of nitrogens with zero attached hydrogens (tertiary/aromatic N) is 2. The first-order valence-corrected chi connectivity index (χ1v) is 11.1. The SMILES string of the molecule is C=CCSc1ccccc1NC(=O)CN1CCN(CC(=O)Nc2ccc(F)cc2)CC1. The number of carbonyl (C=O) groups excluding carboxylic acids is 2. The lowest BCUT2D eigenvalue weighted by Gasteiger charge is -2.33. The van der Waals surface area contributed by atoms with Crippen LogP contribution in [0, 0.1) is 5.82 Å². The Morgan fingerprint density at radius 3 is 2.13 bits per heavy atom. The number of hydrogen-bond donors (Lipinski definition) is 2. The molecule has 0 aliphatic carbocycles. The highest BCUT2D eigenvalue weighted by Crippen LogP contribution is 2.26. The minimum Gasteiger partial charge on any atom is -0.325 e. The third kappa shape index (κ3) is 7.50. The molecule has 8 heteroatoms. The minimum absolute atomic E-state index is 0.0471. The topological polar surface area (TPSA) is 64.7 Å². The van der Waals surface area contributed by atoms with Gasteiger partial charge < -0.3 is 10.6 Å². The molecule has 2 amide bonds. The molecule has 1 fully saturated rings. The maximum atomic E-state index is 13.0. The Bertz CT molecular complexity index is 899. The largest absolute Gasteiger partial charge is 0.325 e. The quantitative estimate of drug-likeness (QED) is 0.461. The zero-order chi connectivity index (χ0) is 22.1. The highest BCUT2D eigenvalue weighted by Gasteiger charge is 2.21. The molecule has 0 aromatic heterocycles. The summed E-state index contributed by atoms with van der Waals surface area (Å²) in [6.45, 7) is 7.15. The molecule has 1 aliphatic heterocycles. The molecular weight excluding hydrogens is 415 g/mol. The first-order chi connectivity index (χ1) is 15.0. The summed E-state index contributed by atoms with van der Waals surface area (Å²) in [7, 11) is 0. The van der Waals surface area contributed by atoms with Crippen LogP contribution in [0.15, 0.2) is 66.1 Å². The number of para-hydroxylation sites is 1. The Labute approximate surface area is 186 Å². The van der Waals surface area contributed by atoms with Gasteiger partial charge in [0.1, 0.15) is 5.82 Å². The van der Waals surface area contributed by atoms with Crippen molar-refractivity contribution in [3.05, 3.63) is 67.0 Å². The van der Waals surface area contributed by atoms with Gasteiger partial charge in [-0.15, -0.1) is 18.3 Å². The average molecular weight is 443 g/mol. The first-order valence-electron chi connectivity index (χ1n) is 10.2. The Morgan fingerprint density at radius 2 is 1.52 bits per heavy atom. The van der Waals surface area contributed by atoms with E-state index in [0.717, 1.165) is 16.3 Å². The van der Waals surface area contributed by atoms with Crippen molar-refractivity contribution >= 4 is 35.0 Å². The van der Waals surface area contributed by atoms with Gasteiger partial charge in [-0.25, -0.2) is 4.39 Å². The van der Waals surface area contributed by atoms with Crippen molar-refractivity contribution in [1.29, 1.82) is 0 Å². The van der Waals surface area contributed by atoms with Gasteiger partial charge >= 0.3 is 0 Å². The van der Waals surface area contributed by atoms with E-state index in [4.69, 9.17) is 0 Å². The second kappa shape index (κ2) is 11.6. The fourth-order valence-electron chi connectivity index (χ4n) is 3.28. The molecule has 3 rings (SSSR count). The number of halogens is 1. The lowest BCUT2D eigenvalue weighted by atomic mass is 10.2. The van der Waals surface area contributed by atoms with E-state index in [1.165, 1.54) is 24.3 Å². The van der Waals surface area contributed by atoms with E-state index < -0.39 is 0 Å². The van der Waals surface area contributed by atoms with Crippen molar-refractivity contribution in [2.45, 2.75) is 4.90 Å². The molecule has 0 atom stereocenters. The van der Waals surface area contributed by atoms with Crippen LogP contribution in [-0.4, -0.2) is 66.6 Å². The second-order valence-corrected chi connectivity index (χ2v) is 8.31. The van der Waals surface area contributed by atoms with E-state index >= 15 is 0 Å². The van der Waals surface area contributed by atoms with Crippen molar-refractivity contribution in [2.75, 3.05) is 55.7 Å². The molecular formula is C23H27FN4O2S. The summed E-state index contributed by atoms with van der Waals surface area (Å²) >= 11 is 1.63. The number of amides is 2. The highest BCUT2D eigenvalue weighted by atomic mass is 32.2. The third-order valence-corrected chi connectivity index (χ3v) is 5.91. The summed E-state index contributed by atoms with van der Waals surface area (Å²) in [5.41, 5.74) is 1.39. The zero-order valence-corrected chi connectivity index (χ0v) is 18.2. The lowest BCUT2D eigenvalue weighted by Crippen LogP contribution is -2.50. The van der Waals surface area contributed by atoms with E-state index in [0.29, 0.717) is 38.4 Å². The Morgan fingerprint density at radius 1 is 0.935 bits per heavy atom. The van der Waals surface area contributed by atoms with Gasteiger partial charge in [0.2, 0.25) is 11.8 Å². The van der Waals surface area contributed by atoms with Crippen molar-refractivity contribution in [1.82, 2.24) is 9.80 Å². The molecule has 0 spiro atoms. The molecule has 0 unspecified atom stereocenters. The smallest absolute Gasteiger partial charge is 0.238 e. The summed E-state index contributed by atoms with van der Waals surface area (Å²) in [5, 5.41) is 5.78. The third-order valence-electron chi connectivity index (χ3n) is 4.85. The minimum atomic E-state index is -0.336. The summed E-state index contributed by atoms with van der Waals surface area (Å²) in [4.78, 5) is 29.9.